The van der Waals surface area contributed by atoms with E-state index in [0.29, 0.717) is 11.0 Å². The van der Waals surface area contributed by atoms with Gasteiger partial charge < -0.3 is 4.57 Å². The summed E-state index contributed by atoms with van der Waals surface area (Å²) >= 11 is 0. The van der Waals surface area contributed by atoms with Crippen LogP contribution in [0.3, 0.4) is 0 Å². The number of rotatable bonds is 3. The van der Waals surface area contributed by atoms with Gasteiger partial charge in [0, 0.05) is 25.1 Å². The van der Waals surface area contributed by atoms with Gasteiger partial charge in [-0.15, -0.1) is 0 Å². The molecule has 4 heteroatoms. The van der Waals surface area contributed by atoms with Crippen LogP contribution in [0.1, 0.15) is 19.8 Å². The first kappa shape index (κ1) is 9.83. The normalized spacial score (nSPS) is 10.7. The highest BCUT2D eigenvalue weighted by molar-refractivity contribution is 5.71. The van der Waals surface area contributed by atoms with Crippen molar-refractivity contribution in [1.82, 2.24) is 14.5 Å². The molecule has 0 aliphatic carbocycles. The summed E-state index contributed by atoms with van der Waals surface area (Å²) < 4.78 is 1.69. The molecule has 0 aromatic carbocycles. The SMILES string of the molecule is CCCCn1ccc2nccnc2c1=O. The summed E-state index contributed by atoms with van der Waals surface area (Å²) in [5.74, 6) is 0. The van der Waals surface area contributed by atoms with Crippen molar-refractivity contribution in [3.8, 4) is 0 Å². The van der Waals surface area contributed by atoms with Crippen molar-refractivity contribution in [2.75, 3.05) is 0 Å². The summed E-state index contributed by atoms with van der Waals surface area (Å²) in [6.07, 6.45) is 7.01. The first-order valence-corrected chi connectivity index (χ1v) is 5.13. The second-order valence-corrected chi connectivity index (χ2v) is 3.46. The molecule has 0 unspecified atom stereocenters. The zero-order chi connectivity index (χ0) is 10.7. The van der Waals surface area contributed by atoms with Crippen LogP contribution in [0.2, 0.25) is 0 Å². The summed E-state index contributed by atoms with van der Waals surface area (Å²) in [5.41, 5.74) is 1.07. The molecule has 2 rings (SSSR count). The van der Waals surface area contributed by atoms with E-state index >= 15 is 0 Å². The Kier molecular flexibility index (Phi) is 2.76. The van der Waals surface area contributed by atoms with E-state index < -0.39 is 0 Å². The van der Waals surface area contributed by atoms with Crippen LogP contribution in [0.15, 0.2) is 29.5 Å². The van der Waals surface area contributed by atoms with Gasteiger partial charge >= 0.3 is 0 Å². The number of aromatic nitrogens is 3. The van der Waals surface area contributed by atoms with Crippen molar-refractivity contribution >= 4 is 11.0 Å². The molecule has 0 saturated heterocycles. The van der Waals surface area contributed by atoms with Crippen LogP contribution in [0.25, 0.3) is 11.0 Å². The topological polar surface area (TPSA) is 47.8 Å². The molecule has 0 N–H and O–H groups in total. The molecule has 0 atom stereocenters. The molecule has 2 aromatic rings. The van der Waals surface area contributed by atoms with E-state index in [-0.39, 0.29) is 5.56 Å². The molecule has 0 spiro atoms. The van der Waals surface area contributed by atoms with E-state index in [1.165, 1.54) is 0 Å². The van der Waals surface area contributed by atoms with Crippen LogP contribution in [-0.4, -0.2) is 14.5 Å². The molecule has 15 heavy (non-hydrogen) atoms. The Morgan fingerprint density at radius 2 is 2.13 bits per heavy atom. The Morgan fingerprint density at radius 3 is 2.93 bits per heavy atom. The van der Waals surface area contributed by atoms with Gasteiger partial charge in [-0.05, 0) is 12.5 Å². The zero-order valence-electron chi connectivity index (χ0n) is 8.68. The summed E-state index contributed by atoms with van der Waals surface area (Å²) in [4.78, 5) is 20.0. The van der Waals surface area contributed by atoms with Crippen LogP contribution in [0.4, 0.5) is 0 Å². The second-order valence-electron chi connectivity index (χ2n) is 3.46. The third-order valence-electron chi connectivity index (χ3n) is 2.35. The fraction of sp³-hybridized carbons (Fsp3) is 0.364. The Bertz CT molecular complexity index is 518. The largest absolute Gasteiger partial charge is 0.314 e. The molecule has 0 aliphatic rings. The Morgan fingerprint density at radius 1 is 1.33 bits per heavy atom. The quantitative estimate of drug-likeness (QED) is 0.761. The average molecular weight is 203 g/mol. The van der Waals surface area contributed by atoms with E-state index in [1.54, 1.807) is 23.2 Å². The number of nitrogens with zero attached hydrogens (tertiary/aromatic N) is 3. The summed E-state index contributed by atoms with van der Waals surface area (Å²) in [5, 5.41) is 0. The van der Waals surface area contributed by atoms with Crippen LogP contribution in [0.5, 0.6) is 0 Å². The van der Waals surface area contributed by atoms with Crippen molar-refractivity contribution in [2.45, 2.75) is 26.3 Å². The highest BCUT2D eigenvalue weighted by atomic mass is 16.1. The van der Waals surface area contributed by atoms with Crippen LogP contribution in [0, 0.1) is 0 Å². The fourth-order valence-corrected chi connectivity index (χ4v) is 1.50. The molecule has 0 radical (unpaired) electrons. The minimum absolute atomic E-state index is 0.0472. The fourth-order valence-electron chi connectivity index (χ4n) is 1.50. The lowest BCUT2D eigenvalue weighted by molar-refractivity contribution is 0.616. The van der Waals surface area contributed by atoms with Gasteiger partial charge in [0.1, 0.15) is 0 Å². The number of hydrogen-bond donors (Lipinski definition) is 0. The zero-order valence-corrected chi connectivity index (χ0v) is 8.68. The number of hydrogen-bond acceptors (Lipinski definition) is 3. The molecule has 4 nitrogen and oxygen atoms in total. The summed E-state index contributed by atoms with van der Waals surface area (Å²) in [6.45, 7) is 2.85. The van der Waals surface area contributed by atoms with Crippen LogP contribution < -0.4 is 5.56 Å². The number of pyridine rings is 1. The Hall–Kier alpha value is -1.71. The number of fused-ring (bicyclic) bond motifs is 1. The Balaban J connectivity index is 2.51. The first-order valence-electron chi connectivity index (χ1n) is 5.13. The van der Waals surface area contributed by atoms with Crippen molar-refractivity contribution in [1.29, 1.82) is 0 Å². The van der Waals surface area contributed by atoms with Gasteiger partial charge in [0.25, 0.3) is 5.56 Å². The second kappa shape index (κ2) is 4.21. The highest BCUT2D eigenvalue weighted by Gasteiger charge is 2.03. The third-order valence-corrected chi connectivity index (χ3v) is 2.35. The predicted molar refractivity (Wildman–Crippen MR) is 58.7 cm³/mol. The van der Waals surface area contributed by atoms with Gasteiger partial charge in [0.05, 0.1) is 5.52 Å². The van der Waals surface area contributed by atoms with Gasteiger partial charge in [-0.3, -0.25) is 9.78 Å². The maximum absolute atomic E-state index is 11.9. The lowest BCUT2D eigenvalue weighted by atomic mass is 10.3. The average Bonchev–Trinajstić information content (AvgIpc) is 2.29. The molecular formula is C11H13N3O. The lowest BCUT2D eigenvalue weighted by Gasteiger charge is -2.04. The molecular weight excluding hydrogens is 190 g/mol. The van der Waals surface area contributed by atoms with E-state index in [9.17, 15) is 4.79 Å². The summed E-state index contributed by atoms with van der Waals surface area (Å²) in [7, 11) is 0. The number of aryl methyl sites for hydroxylation is 1. The lowest BCUT2D eigenvalue weighted by Crippen LogP contribution is -2.20. The van der Waals surface area contributed by atoms with E-state index in [0.717, 1.165) is 19.4 Å². The first-order chi connectivity index (χ1) is 7.33. The minimum Gasteiger partial charge on any atom is -0.314 e. The molecule has 0 fully saturated rings. The van der Waals surface area contributed by atoms with Gasteiger partial charge in [-0.2, -0.15) is 0 Å². The standard InChI is InChI=1S/C11H13N3O/c1-2-3-7-14-8-4-9-10(11(14)15)13-6-5-12-9/h4-6,8H,2-3,7H2,1H3. The van der Waals surface area contributed by atoms with Crippen molar-refractivity contribution in [3.05, 3.63) is 35.0 Å². The van der Waals surface area contributed by atoms with Gasteiger partial charge in [0.15, 0.2) is 5.52 Å². The van der Waals surface area contributed by atoms with Crippen molar-refractivity contribution in [3.63, 3.8) is 0 Å². The van der Waals surface area contributed by atoms with Gasteiger partial charge in [-0.1, -0.05) is 13.3 Å². The van der Waals surface area contributed by atoms with E-state index in [4.69, 9.17) is 0 Å². The van der Waals surface area contributed by atoms with Gasteiger partial charge in [-0.25, -0.2) is 4.98 Å². The molecule has 0 amide bonds. The monoisotopic (exact) mass is 203 g/mol. The van der Waals surface area contributed by atoms with Crippen LogP contribution >= 0.6 is 0 Å². The minimum atomic E-state index is -0.0472. The molecule has 0 aliphatic heterocycles. The molecule has 2 heterocycles. The molecule has 2 aromatic heterocycles. The van der Waals surface area contributed by atoms with Crippen LogP contribution in [-0.2, 0) is 6.54 Å². The molecule has 0 saturated carbocycles. The molecule has 78 valence electrons. The van der Waals surface area contributed by atoms with Crippen molar-refractivity contribution < 1.29 is 0 Å². The smallest absolute Gasteiger partial charge is 0.278 e. The maximum Gasteiger partial charge on any atom is 0.278 e. The third kappa shape index (κ3) is 1.88. The van der Waals surface area contributed by atoms with Crippen molar-refractivity contribution in [2.24, 2.45) is 0 Å². The van der Waals surface area contributed by atoms with Gasteiger partial charge in [0.2, 0.25) is 0 Å². The van der Waals surface area contributed by atoms with E-state index in [2.05, 4.69) is 16.9 Å². The summed E-state index contributed by atoms with van der Waals surface area (Å²) in [6, 6.07) is 1.83. The predicted octanol–water partition coefficient (Wildman–Crippen LogP) is 1.59. The molecule has 0 bridgehead atoms. The Labute approximate surface area is 87.6 Å². The van der Waals surface area contributed by atoms with E-state index in [1.807, 2.05) is 6.07 Å². The number of unbranched alkanes of at least 4 members (excludes halogenated alkanes) is 1. The maximum atomic E-state index is 11.9. The highest BCUT2D eigenvalue weighted by Crippen LogP contribution is 2.02.